The molecule has 0 unspecified atom stereocenters. The Bertz CT molecular complexity index is 200. The third kappa shape index (κ3) is 1.53. The molecule has 0 aromatic carbocycles. The number of ether oxygens (including phenoxy) is 1. The van der Waals surface area contributed by atoms with Crippen molar-refractivity contribution in [2.45, 2.75) is 25.4 Å². The summed E-state index contributed by atoms with van der Waals surface area (Å²) in [7, 11) is 1.76. The van der Waals surface area contributed by atoms with E-state index in [2.05, 4.69) is 12.2 Å². The standard InChI is InChI=1S/C11H18O2/c1-13-11-6-8-4-2-3-5-9(8)10(11)7-12/h2-3,8-12H,4-7H2,1H3/t8-,9+,10-,11-/m0/s1. The van der Waals surface area contributed by atoms with Crippen LogP contribution in [0.1, 0.15) is 19.3 Å². The lowest BCUT2D eigenvalue weighted by atomic mass is 9.82. The van der Waals surface area contributed by atoms with Crippen LogP contribution < -0.4 is 0 Å². The molecular formula is C11H18O2. The van der Waals surface area contributed by atoms with Gasteiger partial charge in [-0.15, -0.1) is 0 Å². The van der Waals surface area contributed by atoms with Gasteiger partial charge in [0.15, 0.2) is 0 Å². The molecular weight excluding hydrogens is 164 g/mol. The van der Waals surface area contributed by atoms with Crippen molar-refractivity contribution in [3.63, 3.8) is 0 Å². The van der Waals surface area contributed by atoms with Gasteiger partial charge in [0.1, 0.15) is 0 Å². The summed E-state index contributed by atoms with van der Waals surface area (Å²) in [5, 5.41) is 9.30. The lowest BCUT2D eigenvalue weighted by Crippen LogP contribution is -2.25. The highest BCUT2D eigenvalue weighted by molar-refractivity contribution is 5.02. The van der Waals surface area contributed by atoms with Gasteiger partial charge in [0.05, 0.1) is 6.10 Å². The molecule has 0 bridgehead atoms. The molecule has 0 spiro atoms. The van der Waals surface area contributed by atoms with Crippen LogP contribution in [-0.2, 0) is 4.74 Å². The molecule has 0 saturated heterocycles. The van der Waals surface area contributed by atoms with E-state index >= 15 is 0 Å². The maximum atomic E-state index is 9.30. The first-order valence-corrected chi connectivity index (χ1v) is 5.15. The first-order valence-electron chi connectivity index (χ1n) is 5.15. The van der Waals surface area contributed by atoms with E-state index in [1.807, 2.05) is 0 Å². The molecule has 2 rings (SSSR count). The van der Waals surface area contributed by atoms with E-state index in [0.29, 0.717) is 17.9 Å². The zero-order chi connectivity index (χ0) is 9.26. The van der Waals surface area contributed by atoms with Gasteiger partial charge in [-0.05, 0) is 31.1 Å². The highest BCUT2D eigenvalue weighted by Gasteiger charge is 2.42. The maximum absolute atomic E-state index is 9.30. The van der Waals surface area contributed by atoms with E-state index in [9.17, 15) is 5.11 Å². The third-order valence-corrected chi connectivity index (χ3v) is 3.70. The van der Waals surface area contributed by atoms with Crippen LogP contribution in [0.15, 0.2) is 12.2 Å². The van der Waals surface area contributed by atoms with Gasteiger partial charge in [-0.3, -0.25) is 0 Å². The molecule has 0 radical (unpaired) electrons. The Morgan fingerprint density at radius 3 is 2.85 bits per heavy atom. The van der Waals surface area contributed by atoms with E-state index in [-0.39, 0.29) is 6.61 Å². The van der Waals surface area contributed by atoms with Gasteiger partial charge < -0.3 is 9.84 Å². The SMILES string of the molecule is CO[C@H]1C[C@@H]2CC=CC[C@H]2[C@@H]1CO. The Kier molecular flexibility index (Phi) is 2.70. The first-order chi connectivity index (χ1) is 6.36. The molecule has 0 amide bonds. The van der Waals surface area contributed by atoms with Crippen molar-refractivity contribution in [2.24, 2.45) is 17.8 Å². The Labute approximate surface area is 79.6 Å². The summed E-state index contributed by atoms with van der Waals surface area (Å²) in [5.74, 6) is 1.80. The van der Waals surface area contributed by atoms with Crippen molar-refractivity contribution in [1.29, 1.82) is 0 Å². The number of hydrogen-bond donors (Lipinski definition) is 1. The van der Waals surface area contributed by atoms with Crippen LogP contribution in [0.25, 0.3) is 0 Å². The molecule has 2 aliphatic carbocycles. The van der Waals surface area contributed by atoms with Crippen molar-refractivity contribution in [1.82, 2.24) is 0 Å². The largest absolute Gasteiger partial charge is 0.396 e. The molecule has 74 valence electrons. The maximum Gasteiger partial charge on any atom is 0.0627 e. The van der Waals surface area contributed by atoms with Gasteiger partial charge >= 0.3 is 0 Å². The minimum absolute atomic E-state index is 0.285. The van der Waals surface area contributed by atoms with Crippen molar-refractivity contribution in [2.75, 3.05) is 13.7 Å². The highest BCUT2D eigenvalue weighted by Crippen LogP contribution is 2.44. The van der Waals surface area contributed by atoms with E-state index in [0.717, 1.165) is 18.8 Å². The second-order valence-electron chi connectivity index (χ2n) is 4.22. The third-order valence-electron chi connectivity index (χ3n) is 3.70. The number of aliphatic hydroxyl groups excluding tert-OH is 1. The molecule has 0 aliphatic heterocycles. The monoisotopic (exact) mass is 182 g/mol. The zero-order valence-corrected chi connectivity index (χ0v) is 8.15. The van der Waals surface area contributed by atoms with Crippen LogP contribution in [0.4, 0.5) is 0 Å². The molecule has 0 aromatic heterocycles. The number of rotatable bonds is 2. The normalized spacial score (nSPS) is 43.5. The summed E-state index contributed by atoms with van der Waals surface area (Å²) in [6.07, 6.45) is 8.27. The van der Waals surface area contributed by atoms with E-state index < -0.39 is 0 Å². The molecule has 4 atom stereocenters. The lowest BCUT2D eigenvalue weighted by Gasteiger charge is -2.25. The van der Waals surface area contributed by atoms with Gasteiger partial charge in [0.25, 0.3) is 0 Å². The molecule has 2 aliphatic rings. The summed E-state index contributed by atoms with van der Waals surface area (Å²) in [5.41, 5.74) is 0. The topological polar surface area (TPSA) is 29.5 Å². The Balaban J connectivity index is 2.09. The molecule has 0 heterocycles. The summed E-state index contributed by atoms with van der Waals surface area (Å²) >= 11 is 0. The number of allylic oxidation sites excluding steroid dienone is 2. The molecule has 2 heteroatoms. The fourth-order valence-corrected chi connectivity index (χ4v) is 2.96. The predicted molar refractivity (Wildman–Crippen MR) is 51.3 cm³/mol. The van der Waals surface area contributed by atoms with Crippen LogP contribution in [0.2, 0.25) is 0 Å². The minimum Gasteiger partial charge on any atom is -0.396 e. The highest BCUT2D eigenvalue weighted by atomic mass is 16.5. The molecule has 1 fully saturated rings. The Morgan fingerprint density at radius 2 is 2.15 bits per heavy atom. The van der Waals surface area contributed by atoms with E-state index in [1.165, 1.54) is 6.42 Å². The van der Waals surface area contributed by atoms with Crippen molar-refractivity contribution < 1.29 is 9.84 Å². The predicted octanol–water partition coefficient (Wildman–Crippen LogP) is 1.60. The van der Waals surface area contributed by atoms with Crippen LogP contribution in [0, 0.1) is 17.8 Å². The lowest BCUT2D eigenvalue weighted by molar-refractivity contribution is 0.0331. The average Bonchev–Trinajstić information content (AvgIpc) is 2.55. The fourth-order valence-electron chi connectivity index (χ4n) is 2.96. The zero-order valence-electron chi connectivity index (χ0n) is 8.15. The summed E-state index contributed by atoms with van der Waals surface area (Å²) in [6.45, 7) is 0.285. The van der Waals surface area contributed by atoms with Crippen molar-refractivity contribution >= 4 is 0 Å². The van der Waals surface area contributed by atoms with Crippen LogP contribution in [0.3, 0.4) is 0 Å². The molecule has 1 N–H and O–H groups in total. The smallest absolute Gasteiger partial charge is 0.0627 e. The van der Waals surface area contributed by atoms with E-state index in [4.69, 9.17) is 4.74 Å². The molecule has 13 heavy (non-hydrogen) atoms. The van der Waals surface area contributed by atoms with Crippen LogP contribution >= 0.6 is 0 Å². The molecule has 1 saturated carbocycles. The first kappa shape index (κ1) is 9.22. The number of aliphatic hydroxyl groups is 1. The number of methoxy groups -OCH3 is 1. The second-order valence-corrected chi connectivity index (χ2v) is 4.22. The van der Waals surface area contributed by atoms with Crippen molar-refractivity contribution in [3.8, 4) is 0 Å². The van der Waals surface area contributed by atoms with Gasteiger partial charge in [0, 0.05) is 19.6 Å². The van der Waals surface area contributed by atoms with Crippen LogP contribution in [-0.4, -0.2) is 24.9 Å². The minimum atomic E-state index is 0.285. The fraction of sp³-hybridized carbons (Fsp3) is 0.818. The Hall–Kier alpha value is -0.340. The quantitative estimate of drug-likeness (QED) is 0.657. The van der Waals surface area contributed by atoms with Crippen molar-refractivity contribution in [3.05, 3.63) is 12.2 Å². The summed E-state index contributed by atoms with van der Waals surface area (Å²) in [4.78, 5) is 0. The Morgan fingerprint density at radius 1 is 1.38 bits per heavy atom. The van der Waals surface area contributed by atoms with Crippen LogP contribution in [0.5, 0.6) is 0 Å². The molecule has 0 aromatic rings. The van der Waals surface area contributed by atoms with Gasteiger partial charge in [-0.2, -0.15) is 0 Å². The average molecular weight is 182 g/mol. The number of hydrogen-bond acceptors (Lipinski definition) is 2. The second kappa shape index (κ2) is 3.81. The van der Waals surface area contributed by atoms with E-state index in [1.54, 1.807) is 7.11 Å². The van der Waals surface area contributed by atoms with Gasteiger partial charge in [0.2, 0.25) is 0 Å². The summed E-state index contributed by atoms with van der Waals surface area (Å²) in [6, 6.07) is 0. The summed E-state index contributed by atoms with van der Waals surface area (Å²) < 4.78 is 5.42. The van der Waals surface area contributed by atoms with Gasteiger partial charge in [-0.25, -0.2) is 0 Å². The molecule has 2 nitrogen and oxygen atoms in total. The van der Waals surface area contributed by atoms with Gasteiger partial charge in [-0.1, -0.05) is 12.2 Å². The number of fused-ring (bicyclic) bond motifs is 1.